The Morgan fingerprint density at radius 3 is 2.63 bits per heavy atom. The predicted molar refractivity (Wildman–Crippen MR) is 144 cm³/mol. The van der Waals surface area contributed by atoms with Crippen LogP contribution in [-0.4, -0.2) is 69.0 Å². The number of aromatic nitrogens is 5. The van der Waals surface area contributed by atoms with Gasteiger partial charge in [0.1, 0.15) is 29.5 Å². The molecule has 0 amide bonds. The molecule has 1 fully saturated rings. The number of pyridine rings is 1. The molecule has 192 valence electrons. The number of piperazine rings is 1. The second-order valence-corrected chi connectivity index (χ2v) is 9.81. The van der Waals surface area contributed by atoms with Crippen LogP contribution in [0, 0.1) is 5.82 Å². The summed E-state index contributed by atoms with van der Waals surface area (Å²) in [6, 6.07) is 18.1. The standard InChI is InChI=1S/C28H27FN8O/c1-34-12-14-35(15-13-34)26-10-11-36(33-26)25-9-8-23-28(32-25)37(27(31-23)19-4-2-3-5-21(19)29)18-6-7-20-22(30)17-38-24(20)16-18/h2-11,16,22H,12-15,17,30H2,1H3/t22-/m0/s1. The maximum absolute atomic E-state index is 15.0. The molecule has 3 aromatic heterocycles. The Hall–Kier alpha value is -4.28. The number of imidazole rings is 1. The summed E-state index contributed by atoms with van der Waals surface area (Å²) in [5.41, 5.74) is 9.53. The van der Waals surface area contributed by atoms with Crippen LogP contribution in [0.25, 0.3) is 34.1 Å². The van der Waals surface area contributed by atoms with Gasteiger partial charge in [0.25, 0.3) is 0 Å². The van der Waals surface area contributed by atoms with Crippen molar-refractivity contribution in [2.45, 2.75) is 6.04 Å². The van der Waals surface area contributed by atoms with E-state index >= 15 is 0 Å². The first-order valence-corrected chi connectivity index (χ1v) is 12.7. The van der Waals surface area contributed by atoms with E-state index in [1.165, 1.54) is 6.07 Å². The van der Waals surface area contributed by atoms with Gasteiger partial charge in [0.15, 0.2) is 17.3 Å². The zero-order valence-electron chi connectivity index (χ0n) is 21.0. The molecule has 2 aliphatic rings. The summed E-state index contributed by atoms with van der Waals surface area (Å²) >= 11 is 0. The highest BCUT2D eigenvalue weighted by Crippen LogP contribution is 2.36. The predicted octanol–water partition coefficient (Wildman–Crippen LogP) is 3.56. The number of nitrogens with two attached hydrogens (primary N) is 1. The van der Waals surface area contributed by atoms with E-state index in [0.29, 0.717) is 35.0 Å². The van der Waals surface area contributed by atoms with Crippen molar-refractivity contribution >= 4 is 17.0 Å². The van der Waals surface area contributed by atoms with E-state index in [4.69, 9.17) is 25.5 Å². The van der Waals surface area contributed by atoms with E-state index in [0.717, 1.165) is 49.0 Å². The third-order valence-electron chi connectivity index (χ3n) is 7.31. The van der Waals surface area contributed by atoms with Gasteiger partial charge >= 0.3 is 0 Å². The van der Waals surface area contributed by atoms with Crippen molar-refractivity contribution in [1.29, 1.82) is 0 Å². The summed E-state index contributed by atoms with van der Waals surface area (Å²) in [5, 5.41) is 4.81. The van der Waals surface area contributed by atoms with Crippen molar-refractivity contribution < 1.29 is 9.13 Å². The Bertz CT molecular complexity index is 1650. The Morgan fingerprint density at radius 2 is 1.79 bits per heavy atom. The van der Waals surface area contributed by atoms with Gasteiger partial charge in [-0.25, -0.2) is 19.0 Å². The van der Waals surface area contributed by atoms with Gasteiger partial charge in [-0.15, -0.1) is 5.10 Å². The summed E-state index contributed by atoms with van der Waals surface area (Å²) in [4.78, 5) is 14.4. The normalized spacial score (nSPS) is 17.7. The van der Waals surface area contributed by atoms with Gasteiger partial charge in [0.05, 0.1) is 17.3 Å². The molecule has 9 nitrogen and oxygen atoms in total. The van der Waals surface area contributed by atoms with Crippen LogP contribution in [0.3, 0.4) is 0 Å². The van der Waals surface area contributed by atoms with Gasteiger partial charge in [-0.05, 0) is 37.4 Å². The van der Waals surface area contributed by atoms with Crippen LogP contribution >= 0.6 is 0 Å². The smallest absolute Gasteiger partial charge is 0.167 e. The molecule has 0 bridgehead atoms. The minimum absolute atomic E-state index is 0.163. The van der Waals surface area contributed by atoms with Crippen molar-refractivity contribution in [2.24, 2.45) is 5.73 Å². The van der Waals surface area contributed by atoms with Crippen molar-refractivity contribution in [3.05, 3.63) is 78.2 Å². The molecule has 2 aliphatic heterocycles. The molecule has 5 aromatic rings. The quantitative estimate of drug-likeness (QED) is 0.395. The molecular weight excluding hydrogens is 483 g/mol. The van der Waals surface area contributed by atoms with E-state index in [1.807, 2.05) is 47.2 Å². The fourth-order valence-electron chi connectivity index (χ4n) is 5.15. The minimum atomic E-state index is -0.354. The average Bonchev–Trinajstić information content (AvgIpc) is 3.66. The SMILES string of the molecule is CN1CCN(c2ccn(-c3ccc4nc(-c5ccccc5F)n(-c5ccc6c(c5)OC[C@@H]6N)c4n3)n2)CC1. The summed E-state index contributed by atoms with van der Waals surface area (Å²) in [6.45, 7) is 4.31. The molecular formula is C28H27FN8O. The van der Waals surface area contributed by atoms with Gasteiger partial charge < -0.3 is 20.3 Å². The lowest BCUT2D eigenvalue weighted by Crippen LogP contribution is -2.44. The van der Waals surface area contributed by atoms with Crippen LogP contribution in [0.5, 0.6) is 5.75 Å². The Balaban J connectivity index is 1.36. The first kappa shape index (κ1) is 22.9. The lowest BCUT2D eigenvalue weighted by Gasteiger charge is -2.32. The largest absolute Gasteiger partial charge is 0.491 e. The minimum Gasteiger partial charge on any atom is -0.491 e. The zero-order chi connectivity index (χ0) is 25.8. The van der Waals surface area contributed by atoms with E-state index in [9.17, 15) is 4.39 Å². The van der Waals surface area contributed by atoms with Crippen molar-refractivity contribution in [3.8, 4) is 28.6 Å². The number of fused-ring (bicyclic) bond motifs is 2. The molecule has 5 heterocycles. The first-order chi connectivity index (χ1) is 18.5. The topological polar surface area (TPSA) is 90.3 Å². The fourth-order valence-corrected chi connectivity index (χ4v) is 5.15. The monoisotopic (exact) mass is 510 g/mol. The third-order valence-corrected chi connectivity index (χ3v) is 7.31. The van der Waals surface area contributed by atoms with E-state index in [2.05, 4.69) is 16.8 Å². The van der Waals surface area contributed by atoms with Crippen molar-refractivity contribution in [2.75, 3.05) is 44.7 Å². The number of rotatable bonds is 4. The second-order valence-electron chi connectivity index (χ2n) is 9.81. The molecule has 10 heteroatoms. The molecule has 2 N–H and O–H groups in total. The lowest BCUT2D eigenvalue weighted by molar-refractivity contribution is 0.312. The molecule has 0 aliphatic carbocycles. The summed E-state index contributed by atoms with van der Waals surface area (Å²) in [6.07, 6.45) is 1.92. The number of ether oxygens (including phenoxy) is 1. The molecule has 0 spiro atoms. The highest BCUT2D eigenvalue weighted by Gasteiger charge is 2.24. The van der Waals surface area contributed by atoms with Crippen LogP contribution in [0.15, 0.2) is 66.9 Å². The summed E-state index contributed by atoms with van der Waals surface area (Å²) in [5.74, 6) is 2.40. The zero-order valence-corrected chi connectivity index (χ0v) is 21.0. The fraction of sp³-hybridized carbons (Fsp3) is 0.250. The maximum Gasteiger partial charge on any atom is 0.167 e. The number of hydrogen-bond donors (Lipinski definition) is 1. The number of likely N-dealkylation sites (N-methyl/N-ethyl adjacent to an activating group) is 1. The average molecular weight is 511 g/mol. The van der Waals surface area contributed by atoms with E-state index in [-0.39, 0.29) is 11.9 Å². The van der Waals surface area contributed by atoms with Crippen LogP contribution in [0.1, 0.15) is 11.6 Å². The van der Waals surface area contributed by atoms with Crippen LogP contribution in [0.4, 0.5) is 10.2 Å². The highest BCUT2D eigenvalue weighted by atomic mass is 19.1. The summed E-state index contributed by atoms with van der Waals surface area (Å²) in [7, 11) is 2.13. The number of nitrogens with zero attached hydrogens (tertiary/aromatic N) is 7. The molecule has 0 saturated carbocycles. The molecule has 38 heavy (non-hydrogen) atoms. The second kappa shape index (κ2) is 8.93. The number of benzene rings is 2. The Kier molecular flexibility index (Phi) is 5.38. The Labute approximate surface area is 218 Å². The molecule has 7 rings (SSSR count). The summed E-state index contributed by atoms with van der Waals surface area (Å²) < 4.78 is 24.4. The van der Waals surface area contributed by atoms with Crippen molar-refractivity contribution in [1.82, 2.24) is 29.2 Å². The lowest BCUT2D eigenvalue weighted by atomic mass is 10.1. The molecule has 1 atom stereocenters. The number of anilines is 1. The Morgan fingerprint density at radius 1 is 0.947 bits per heavy atom. The van der Waals surface area contributed by atoms with E-state index in [1.54, 1.807) is 22.9 Å². The maximum atomic E-state index is 15.0. The van der Waals surface area contributed by atoms with Crippen LogP contribution < -0.4 is 15.4 Å². The third kappa shape index (κ3) is 3.80. The van der Waals surface area contributed by atoms with Crippen molar-refractivity contribution in [3.63, 3.8) is 0 Å². The van der Waals surface area contributed by atoms with Gasteiger partial charge in [-0.2, -0.15) is 0 Å². The molecule has 2 aromatic carbocycles. The number of hydrogen-bond acceptors (Lipinski definition) is 7. The molecule has 1 saturated heterocycles. The van der Waals surface area contributed by atoms with Crippen LogP contribution in [-0.2, 0) is 0 Å². The van der Waals surface area contributed by atoms with Gasteiger partial charge in [-0.1, -0.05) is 18.2 Å². The molecule has 0 radical (unpaired) electrons. The van der Waals surface area contributed by atoms with Gasteiger partial charge in [-0.3, -0.25) is 4.57 Å². The number of halogens is 1. The van der Waals surface area contributed by atoms with Crippen LogP contribution in [0.2, 0.25) is 0 Å². The van der Waals surface area contributed by atoms with Gasteiger partial charge in [0.2, 0.25) is 0 Å². The molecule has 0 unspecified atom stereocenters. The van der Waals surface area contributed by atoms with E-state index < -0.39 is 0 Å². The first-order valence-electron chi connectivity index (χ1n) is 12.7. The van der Waals surface area contributed by atoms with Gasteiger partial charge in [0, 0.05) is 50.1 Å². The highest BCUT2D eigenvalue weighted by molar-refractivity contribution is 5.81.